The molecule has 1 saturated heterocycles. The molecule has 0 atom stereocenters. The van der Waals surface area contributed by atoms with E-state index < -0.39 is 11.6 Å². The molecule has 0 N–H and O–H groups in total. The first-order chi connectivity index (χ1) is 14.5. The molecule has 0 aromatic heterocycles. The maximum Gasteiger partial charge on any atom is 0.269 e. The lowest BCUT2D eigenvalue weighted by molar-refractivity contribution is -0.384. The maximum absolute atomic E-state index is 12.7. The molecule has 0 radical (unpaired) electrons. The molecular weight excluding hydrogens is 427 g/mol. The zero-order valence-electron chi connectivity index (χ0n) is 15.7. The van der Waals surface area contributed by atoms with Gasteiger partial charge in [0.05, 0.1) is 16.4 Å². The number of halogens is 1. The van der Waals surface area contributed by atoms with Gasteiger partial charge < -0.3 is 4.74 Å². The first kappa shape index (κ1) is 21.7. The Hall–Kier alpha value is -3.04. The molecular formula is C21H17FN2O4S2. The van der Waals surface area contributed by atoms with Crippen LogP contribution < -0.4 is 4.74 Å². The van der Waals surface area contributed by atoms with Gasteiger partial charge in [0.2, 0.25) is 0 Å². The molecule has 9 heteroatoms. The van der Waals surface area contributed by atoms with Crippen LogP contribution in [-0.4, -0.2) is 33.3 Å². The second-order valence-electron chi connectivity index (χ2n) is 6.18. The van der Waals surface area contributed by atoms with Crippen molar-refractivity contribution in [2.24, 2.45) is 0 Å². The Morgan fingerprint density at radius 3 is 2.50 bits per heavy atom. The van der Waals surface area contributed by atoms with Gasteiger partial charge in [0.15, 0.2) is 0 Å². The largest absolute Gasteiger partial charge is 0.491 e. The third kappa shape index (κ3) is 5.52. The number of amides is 1. The molecule has 1 fully saturated rings. The van der Waals surface area contributed by atoms with Gasteiger partial charge in [-0.15, -0.1) is 0 Å². The van der Waals surface area contributed by atoms with Gasteiger partial charge in [-0.3, -0.25) is 19.8 Å². The van der Waals surface area contributed by atoms with Gasteiger partial charge in [0.25, 0.3) is 11.6 Å². The van der Waals surface area contributed by atoms with Crippen molar-refractivity contribution < 1.29 is 18.8 Å². The highest BCUT2D eigenvalue weighted by Crippen LogP contribution is 2.32. The van der Waals surface area contributed by atoms with Crippen molar-refractivity contribution in [1.29, 1.82) is 0 Å². The number of carbonyl (C=O) groups is 1. The third-order valence-electron chi connectivity index (χ3n) is 4.12. The zero-order chi connectivity index (χ0) is 21.5. The van der Waals surface area contributed by atoms with E-state index in [1.165, 1.54) is 28.8 Å². The molecule has 0 bridgehead atoms. The number of ether oxygens (including phenoxy) is 1. The van der Waals surface area contributed by atoms with Gasteiger partial charge in [-0.25, -0.2) is 4.39 Å². The molecule has 0 unspecified atom stereocenters. The van der Waals surface area contributed by atoms with E-state index in [-0.39, 0.29) is 18.2 Å². The number of carbonyl (C=O) groups excluding carboxylic acids is 1. The summed E-state index contributed by atoms with van der Waals surface area (Å²) in [6.45, 7) is -0.215. The van der Waals surface area contributed by atoms with Gasteiger partial charge in [-0.05, 0) is 41.5 Å². The fourth-order valence-corrected chi connectivity index (χ4v) is 3.84. The summed E-state index contributed by atoms with van der Waals surface area (Å²) in [4.78, 5) is 24.9. The summed E-state index contributed by atoms with van der Waals surface area (Å²) >= 11 is 6.55. The average molecular weight is 445 g/mol. The van der Waals surface area contributed by atoms with Crippen LogP contribution in [0.25, 0.3) is 6.08 Å². The normalized spacial score (nSPS) is 15.4. The lowest BCUT2D eigenvalue weighted by Gasteiger charge is -2.14. The summed E-state index contributed by atoms with van der Waals surface area (Å²) in [7, 11) is 0. The minimum Gasteiger partial charge on any atom is -0.491 e. The Morgan fingerprint density at radius 2 is 1.87 bits per heavy atom. The Labute approximate surface area is 182 Å². The Kier molecular flexibility index (Phi) is 7.31. The third-order valence-corrected chi connectivity index (χ3v) is 5.52. The van der Waals surface area contributed by atoms with Crippen molar-refractivity contribution in [2.45, 2.75) is 6.54 Å². The van der Waals surface area contributed by atoms with Gasteiger partial charge >= 0.3 is 0 Å². The number of allylic oxidation sites excluding steroid dienone is 2. The summed E-state index contributed by atoms with van der Waals surface area (Å²) in [6.07, 6.45) is 5.14. The van der Waals surface area contributed by atoms with E-state index in [1.54, 1.807) is 42.5 Å². The van der Waals surface area contributed by atoms with Crippen molar-refractivity contribution in [3.05, 3.63) is 86.8 Å². The Morgan fingerprint density at radius 1 is 1.17 bits per heavy atom. The van der Waals surface area contributed by atoms with Crippen LogP contribution in [0.5, 0.6) is 5.75 Å². The summed E-state index contributed by atoms with van der Waals surface area (Å²) in [6, 6.07) is 13.2. The highest BCUT2D eigenvalue weighted by Gasteiger charge is 2.31. The number of non-ortho nitro benzene ring substituents is 1. The maximum atomic E-state index is 12.7. The second-order valence-corrected chi connectivity index (χ2v) is 7.86. The number of thioether (sulfide) groups is 1. The molecule has 6 nitrogen and oxygen atoms in total. The molecule has 1 heterocycles. The number of nitro benzene ring substituents is 1. The van der Waals surface area contributed by atoms with Crippen LogP contribution in [0.4, 0.5) is 10.1 Å². The van der Waals surface area contributed by atoms with Crippen LogP contribution in [0.3, 0.4) is 0 Å². The van der Waals surface area contributed by atoms with Crippen LogP contribution >= 0.6 is 24.0 Å². The fraction of sp³-hybridized carbons (Fsp3) is 0.143. The van der Waals surface area contributed by atoms with Gasteiger partial charge in [-0.1, -0.05) is 48.3 Å². The summed E-state index contributed by atoms with van der Waals surface area (Å²) in [5.41, 5.74) is 1.68. The summed E-state index contributed by atoms with van der Waals surface area (Å²) in [5, 5.41) is 10.7. The average Bonchev–Trinajstić information content (AvgIpc) is 3.01. The van der Waals surface area contributed by atoms with Crippen molar-refractivity contribution >= 4 is 46.0 Å². The molecule has 0 spiro atoms. The Balaban J connectivity index is 1.63. The van der Waals surface area contributed by atoms with Crippen LogP contribution in [-0.2, 0) is 11.3 Å². The van der Waals surface area contributed by atoms with Crippen molar-refractivity contribution in [3.8, 4) is 5.75 Å². The molecule has 1 aliphatic heterocycles. The summed E-state index contributed by atoms with van der Waals surface area (Å²) in [5.74, 6) is 0.383. The van der Waals surface area contributed by atoms with E-state index in [2.05, 4.69) is 0 Å². The minimum absolute atomic E-state index is 0.00618. The monoisotopic (exact) mass is 444 g/mol. The number of alkyl halides is 1. The first-order valence-corrected chi connectivity index (χ1v) is 10.1. The van der Waals surface area contributed by atoms with E-state index in [0.29, 0.717) is 21.5 Å². The fourth-order valence-electron chi connectivity index (χ4n) is 2.63. The molecule has 1 amide bonds. The number of rotatable bonds is 8. The van der Waals surface area contributed by atoms with Crippen molar-refractivity contribution in [2.75, 3.05) is 13.3 Å². The molecule has 1 aliphatic rings. The predicted molar refractivity (Wildman–Crippen MR) is 119 cm³/mol. The second kappa shape index (κ2) is 10.1. The first-order valence-electron chi connectivity index (χ1n) is 8.92. The predicted octanol–water partition coefficient (Wildman–Crippen LogP) is 4.90. The van der Waals surface area contributed by atoms with E-state index in [9.17, 15) is 19.3 Å². The van der Waals surface area contributed by atoms with E-state index >= 15 is 0 Å². The van der Waals surface area contributed by atoms with Gasteiger partial charge in [0.1, 0.15) is 23.4 Å². The molecule has 154 valence electrons. The standard InChI is InChI=1S/C21H17FN2O4S2/c22-12-13-28-18-10-6-16(7-11-18)14-23-20(25)19(30-21(23)29)3-1-2-15-4-8-17(9-5-15)24(26)27/h1-11H,12-14H2/b2-1+,19-3-. The van der Waals surface area contributed by atoms with Crippen molar-refractivity contribution in [1.82, 2.24) is 4.90 Å². The van der Waals surface area contributed by atoms with Crippen LogP contribution in [0.1, 0.15) is 11.1 Å². The molecule has 30 heavy (non-hydrogen) atoms. The molecule has 2 aromatic rings. The molecule has 0 aliphatic carbocycles. The zero-order valence-corrected chi connectivity index (χ0v) is 17.3. The Bertz CT molecular complexity index is 1000. The lowest BCUT2D eigenvalue weighted by Crippen LogP contribution is -2.27. The van der Waals surface area contributed by atoms with Crippen LogP contribution in [0, 0.1) is 10.1 Å². The quantitative estimate of drug-likeness (QED) is 0.250. The molecule has 2 aromatic carbocycles. The van der Waals surface area contributed by atoms with Gasteiger partial charge in [0, 0.05) is 12.1 Å². The topological polar surface area (TPSA) is 72.7 Å². The number of hydrogen-bond acceptors (Lipinski definition) is 6. The number of nitrogens with zero attached hydrogens (tertiary/aromatic N) is 2. The SMILES string of the molecule is O=C1/C(=C/C=C/c2ccc([N+](=O)[O-])cc2)SC(=S)N1Cc1ccc(OCCF)cc1. The lowest BCUT2D eigenvalue weighted by atomic mass is 10.2. The molecule has 3 rings (SSSR count). The number of benzene rings is 2. The highest BCUT2D eigenvalue weighted by atomic mass is 32.2. The van der Waals surface area contributed by atoms with Gasteiger partial charge in [-0.2, -0.15) is 0 Å². The van der Waals surface area contributed by atoms with E-state index in [0.717, 1.165) is 11.1 Å². The number of nitro groups is 1. The number of thiocarbonyl (C=S) groups is 1. The minimum atomic E-state index is -0.552. The highest BCUT2D eigenvalue weighted by molar-refractivity contribution is 8.26. The molecule has 0 saturated carbocycles. The van der Waals surface area contributed by atoms with E-state index in [1.807, 2.05) is 12.1 Å². The smallest absolute Gasteiger partial charge is 0.269 e. The van der Waals surface area contributed by atoms with Crippen LogP contribution in [0.15, 0.2) is 65.6 Å². The van der Waals surface area contributed by atoms with E-state index in [4.69, 9.17) is 17.0 Å². The number of hydrogen-bond donors (Lipinski definition) is 0. The van der Waals surface area contributed by atoms with Crippen molar-refractivity contribution in [3.63, 3.8) is 0 Å². The van der Waals surface area contributed by atoms with Crippen LogP contribution in [0.2, 0.25) is 0 Å². The summed E-state index contributed by atoms with van der Waals surface area (Å²) < 4.78 is 17.8.